The van der Waals surface area contributed by atoms with Crippen molar-refractivity contribution >= 4 is 16.9 Å². The van der Waals surface area contributed by atoms with E-state index in [1.54, 1.807) is 0 Å². The summed E-state index contributed by atoms with van der Waals surface area (Å²) in [5, 5.41) is 4.63. The minimum Gasteiger partial charge on any atom is -0.342 e. The molecular weight excluding hydrogens is 328 g/mol. The van der Waals surface area contributed by atoms with E-state index in [2.05, 4.69) is 22.0 Å². The smallest absolute Gasteiger partial charge is 0.227 e. The van der Waals surface area contributed by atoms with Crippen LogP contribution in [0.5, 0.6) is 0 Å². The van der Waals surface area contributed by atoms with Crippen LogP contribution in [-0.2, 0) is 17.8 Å². The number of nitrogens with one attached hydrogen (secondary N) is 1. The first-order valence-electron chi connectivity index (χ1n) is 9.28. The van der Waals surface area contributed by atoms with Gasteiger partial charge in [0.1, 0.15) is 11.6 Å². The molecule has 0 spiro atoms. The number of nitrogens with zero attached hydrogens (tertiary/aromatic N) is 5. The Morgan fingerprint density at radius 3 is 2.92 bits per heavy atom. The lowest BCUT2D eigenvalue weighted by molar-refractivity contribution is -0.133. The van der Waals surface area contributed by atoms with Crippen molar-refractivity contribution in [2.75, 3.05) is 6.54 Å². The van der Waals surface area contributed by atoms with Crippen LogP contribution in [-0.4, -0.2) is 42.1 Å². The van der Waals surface area contributed by atoms with Crippen molar-refractivity contribution in [2.45, 2.75) is 51.6 Å². The van der Waals surface area contributed by atoms with Crippen LogP contribution in [0.15, 0.2) is 18.2 Å². The third-order valence-corrected chi connectivity index (χ3v) is 5.39. The molecule has 0 saturated heterocycles. The Kier molecular flexibility index (Phi) is 3.38. The fraction of sp³-hybridized carbons (Fsp3) is 0.474. The number of H-pyrrole nitrogens is 1. The maximum Gasteiger partial charge on any atom is 0.227 e. The van der Waals surface area contributed by atoms with Crippen LogP contribution in [0.3, 0.4) is 0 Å². The number of hydrogen-bond acceptors (Lipinski definition) is 4. The van der Waals surface area contributed by atoms with E-state index in [1.807, 2.05) is 34.7 Å². The van der Waals surface area contributed by atoms with Gasteiger partial charge in [-0.2, -0.15) is 5.10 Å². The number of carbonyl (C=O) groups excluding carboxylic acids is 1. The highest BCUT2D eigenvalue weighted by Crippen LogP contribution is 2.39. The number of aromatic nitrogens is 5. The summed E-state index contributed by atoms with van der Waals surface area (Å²) < 4.78 is 1.99. The number of imidazole rings is 1. The Bertz CT molecular complexity index is 999. The van der Waals surface area contributed by atoms with Crippen molar-refractivity contribution in [3.63, 3.8) is 0 Å². The number of benzene rings is 1. The third kappa shape index (κ3) is 2.58. The van der Waals surface area contributed by atoms with Crippen molar-refractivity contribution in [2.24, 2.45) is 0 Å². The topological polar surface area (TPSA) is 79.7 Å². The molecule has 1 fully saturated rings. The summed E-state index contributed by atoms with van der Waals surface area (Å²) in [7, 11) is 0. The van der Waals surface area contributed by atoms with Gasteiger partial charge in [0, 0.05) is 12.5 Å². The molecule has 1 aromatic carbocycles. The molecule has 1 aliphatic heterocycles. The molecule has 1 aliphatic carbocycles. The minimum atomic E-state index is -0.0330. The second-order valence-electron chi connectivity index (χ2n) is 7.44. The minimum absolute atomic E-state index is 0.0330. The number of hydrogen-bond donors (Lipinski definition) is 1. The molecule has 1 saturated carbocycles. The van der Waals surface area contributed by atoms with Crippen LogP contribution >= 0.6 is 0 Å². The van der Waals surface area contributed by atoms with E-state index in [4.69, 9.17) is 4.98 Å². The Labute approximate surface area is 151 Å². The molecule has 0 unspecified atom stereocenters. The molecule has 2 aliphatic rings. The van der Waals surface area contributed by atoms with Crippen LogP contribution in [0, 0.1) is 6.92 Å². The fourth-order valence-corrected chi connectivity index (χ4v) is 3.81. The average molecular weight is 350 g/mol. The van der Waals surface area contributed by atoms with Crippen LogP contribution in [0.25, 0.3) is 11.0 Å². The van der Waals surface area contributed by atoms with E-state index in [0.29, 0.717) is 18.9 Å². The van der Waals surface area contributed by atoms with E-state index in [0.717, 1.165) is 40.6 Å². The Morgan fingerprint density at radius 1 is 1.27 bits per heavy atom. The molecule has 1 atom stereocenters. The van der Waals surface area contributed by atoms with E-state index in [9.17, 15) is 4.79 Å². The van der Waals surface area contributed by atoms with Gasteiger partial charge < -0.3 is 9.88 Å². The van der Waals surface area contributed by atoms with Gasteiger partial charge in [-0.05, 0) is 44.4 Å². The summed E-state index contributed by atoms with van der Waals surface area (Å²) >= 11 is 0. The first-order valence-corrected chi connectivity index (χ1v) is 9.28. The van der Waals surface area contributed by atoms with Crippen LogP contribution in [0.2, 0.25) is 0 Å². The molecule has 2 aromatic heterocycles. The van der Waals surface area contributed by atoms with Crippen LogP contribution < -0.4 is 0 Å². The molecule has 26 heavy (non-hydrogen) atoms. The summed E-state index contributed by atoms with van der Waals surface area (Å²) in [6.45, 7) is 5.40. The first-order chi connectivity index (χ1) is 12.6. The zero-order valence-electron chi connectivity index (χ0n) is 15.1. The number of aromatic amines is 1. The summed E-state index contributed by atoms with van der Waals surface area (Å²) in [5.41, 5.74) is 2.92. The second kappa shape index (κ2) is 5.65. The average Bonchev–Trinajstić information content (AvgIpc) is 3.25. The second-order valence-corrected chi connectivity index (χ2v) is 7.44. The van der Waals surface area contributed by atoms with Gasteiger partial charge in [0.25, 0.3) is 0 Å². The number of carbonyl (C=O) groups is 1. The van der Waals surface area contributed by atoms with E-state index in [-0.39, 0.29) is 11.9 Å². The molecule has 0 radical (unpaired) electrons. The Hall–Kier alpha value is -2.70. The van der Waals surface area contributed by atoms with E-state index >= 15 is 0 Å². The number of amides is 1. The molecule has 1 amide bonds. The van der Waals surface area contributed by atoms with Gasteiger partial charge in [-0.15, -0.1) is 0 Å². The maximum atomic E-state index is 12.9. The molecule has 134 valence electrons. The molecule has 7 nitrogen and oxygen atoms in total. The van der Waals surface area contributed by atoms with E-state index in [1.165, 1.54) is 12.8 Å². The highest BCUT2D eigenvalue weighted by atomic mass is 16.2. The lowest BCUT2D eigenvalue weighted by Gasteiger charge is -2.33. The molecule has 3 heterocycles. The zero-order chi connectivity index (χ0) is 17.8. The van der Waals surface area contributed by atoms with Gasteiger partial charge in [-0.25, -0.2) is 14.6 Å². The Balaban J connectivity index is 1.35. The summed E-state index contributed by atoms with van der Waals surface area (Å²) in [6, 6.07) is 5.95. The number of rotatable bonds is 3. The fourth-order valence-electron chi connectivity index (χ4n) is 3.81. The number of aryl methyl sites for hydroxylation is 1. The van der Waals surface area contributed by atoms with Crippen molar-refractivity contribution in [1.82, 2.24) is 29.6 Å². The Morgan fingerprint density at radius 2 is 2.12 bits per heavy atom. The molecule has 0 bridgehead atoms. The SMILES string of the molecule is Cc1nc2ccc(CC(=O)N3CCn4nc(C5CC5)nc4[C@H]3C)cc2[nH]1. The predicted molar refractivity (Wildman–Crippen MR) is 96.7 cm³/mol. The highest BCUT2D eigenvalue weighted by Gasteiger charge is 2.34. The zero-order valence-corrected chi connectivity index (χ0v) is 15.1. The van der Waals surface area contributed by atoms with Crippen LogP contribution in [0.4, 0.5) is 0 Å². The van der Waals surface area contributed by atoms with Crippen molar-refractivity contribution < 1.29 is 4.79 Å². The van der Waals surface area contributed by atoms with Gasteiger partial charge in [0.2, 0.25) is 5.91 Å². The normalized spacial score (nSPS) is 19.8. The largest absolute Gasteiger partial charge is 0.342 e. The summed E-state index contributed by atoms with van der Waals surface area (Å²) in [6.07, 6.45) is 2.77. The standard InChI is InChI=1S/C19H22N6O/c1-11-19-22-18(14-4-5-14)23-25(19)8-7-24(11)17(26)10-13-3-6-15-16(9-13)21-12(2)20-15/h3,6,9,11,14H,4-5,7-8,10H2,1-2H3,(H,20,21)/t11-/m1/s1. The highest BCUT2D eigenvalue weighted by molar-refractivity contribution is 5.82. The lowest BCUT2D eigenvalue weighted by atomic mass is 10.1. The molecular formula is C19H22N6O. The van der Waals surface area contributed by atoms with E-state index < -0.39 is 0 Å². The molecule has 1 N–H and O–H groups in total. The molecule has 5 rings (SSSR count). The molecule has 3 aromatic rings. The monoisotopic (exact) mass is 350 g/mol. The quantitative estimate of drug-likeness (QED) is 0.787. The van der Waals surface area contributed by atoms with Crippen molar-refractivity contribution in [3.05, 3.63) is 41.2 Å². The van der Waals surface area contributed by atoms with Gasteiger partial charge in [0.05, 0.1) is 30.0 Å². The van der Waals surface area contributed by atoms with Gasteiger partial charge in [-0.3, -0.25) is 4.79 Å². The maximum absolute atomic E-state index is 12.9. The van der Waals surface area contributed by atoms with Gasteiger partial charge in [0.15, 0.2) is 5.82 Å². The predicted octanol–water partition coefficient (Wildman–Crippen LogP) is 2.49. The van der Waals surface area contributed by atoms with Crippen LogP contribution in [0.1, 0.15) is 54.8 Å². The third-order valence-electron chi connectivity index (χ3n) is 5.39. The van der Waals surface area contributed by atoms with Crippen molar-refractivity contribution in [1.29, 1.82) is 0 Å². The lowest BCUT2D eigenvalue weighted by Crippen LogP contribution is -2.42. The summed E-state index contributed by atoms with van der Waals surface area (Å²) in [4.78, 5) is 27.2. The van der Waals surface area contributed by atoms with Gasteiger partial charge in [-0.1, -0.05) is 6.07 Å². The summed E-state index contributed by atoms with van der Waals surface area (Å²) in [5.74, 6) is 3.44. The number of fused-ring (bicyclic) bond motifs is 2. The first kappa shape index (κ1) is 15.5. The molecule has 7 heteroatoms. The van der Waals surface area contributed by atoms with Gasteiger partial charge >= 0.3 is 0 Å². The van der Waals surface area contributed by atoms with Crippen molar-refractivity contribution in [3.8, 4) is 0 Å².